The molecular weight excluding hydrogens is 445 g/mol. The molecule has 0 bridgehead atoms. The van der Waals surface area contributed by atoms with Gasteiger partial charge in [-0.25, -0.2) is 13.2 Å². The number of carbonyl (C=O) groups is 2. The number of halogens is 3. The van der Waals surface area contributed by atoms with Gasteiger partial charge in [-0.15, -0.1) is 0 Å². The predicted octanol–water partition coefficient (Wildman–Crippen LogP) is 7.95. The SMILES string of the molecule is CCCCCCCCCCOC(=O)CCCCCCCCC(=O)OCc1c(F)ccc(F)c1F. The lowest BCUT2D eigenvalue weighted by molar-refractivity contribution is -0.145. The number of rotatable bonds is 20. The molecular formula is C27H41F3O4. The van der Waals surface area contributed by atoms with E-state index in [2.05, 4.69) is 6.92 Å². The Morgan fingerprint density at radius 3 is 1.71 bits per heavy atom. The van der Waals surface area contributed by atoms with Crippen LogP contribution < -0.4 is 0 Å². The van der Waals surface area contributed by atoms with Gasteiger partial charge in [-0.05, 0) is 31.4 Å². The minimum atomic E-state index is -1.33. The summed E-state index contributed by atoms with van der Waals surface area (Å²) in [5, 5.41) is 0. The summed E-state index contributed by atoms with van der Waals surface area (Å²) >= 11 is 0. The van der Waals surface area contributed by atoms with Crippen molar-refractivity contribution in [2.24, 2.45) is 0 Å². The number of hydrogen-bond donors (Lipinski definition) is 0. The van der Waals surface area contributed by atoms with Crippen LogP contribution in [-0.2, 0) is 25.7 Å². The first-order valence-electron chi connectivity index (χ1n) is 12.9. The highest BCUT2D eigenvalue weighted by Gasteiger charge is 2.15. The van der Waals surface area contributed by atoms with E-state index in [9.17, 15) is 22.8 Å². The van der Waals surface area contributed by atoms with Gasteiger partial charge in [0.05, 0.1) is 12.2 Å². The highest BCUT2D eigenvalue weighted by atomic mass is 19.2. The van der Waals surface area contributed by atoms with Gasteiger partial charge in [-0.3, -0.25) is 9.59 Å². The maximum atomic E-state index is 13.5. The van der Waals surface area contributed by atoms with E-state index < -0.39 is 35.6 Å². The Morgan fingerprint density at radius 1 is 0.647 bits per heavy atom. The van der Waals surface area contributed by atoms with Gasteiger partial charge in [0, 0.05) is 12.8 Å². The van der Waals surface area contributed by atoms with Crippen molar-refractivity contribution in [2.75, 3.05) is 6.61 Å². The van der Waals surface area contributed by atoms with Crippen LogP contribution in [0.4, 0.5) is 13.2 Å². The van der Waals surface area contributed by atoms with Gasteiger partial charge in [-0.2, -0.15) is 0 Å². The van der Waals surface area contributed by atoms with Crippen LogP contribution in [-0.4, -0.2) is 18.5 Å². The fraction of sp³-hybridized carbons (Fsp3) is 0.704. The van der Waals surface area contributed by atoms with Crippen molar-refractivity contribution in [3.05, 3.63) is 35.1 Å². The van der Waals surface area contributed by atoms with Crippen LogP contribution in [0.2, 0.25) is 0 Å². The Morgan fingerprint density at radius 2 is 1.12 bits per heavy atom. The zero-order chi connectivity index (χ0) is 25.0. The molecule has 0 N–H and O–H groups in total. The lowest BCUT2D eigenvalue weighted by atomic mass is 10.1. The number of hydrogen-bond acceptors (Lipinski definition) is 4. The fourth-order valence-corrected chi connectivity index (χ4v) is 3.67. The van der Waals surface area contributed by atoms with Crippen molar-refractivity contribution in [3.63, 3.8) is 0 Å². The Balaban J connectivity index is 1.92. The molecule has 194 valence electrons. The van der Waals surface area contributed by atoms with E-state index >= 15 is 0 Å². The second kappa shape index (κ2) is 19.3. The Hall–Kier alpha value is -2.05. The van der Waals surface area contributed by atoms with Crippen LogP contribution in [0.5, 0.6) is 0 Å². The van der Waals surface area contributed by atoms with E-state index in [1.54, 1.807) is 0 Å². The minimum absolute atomic E-state index is 0.128. The predicted molar refractivity (Wildman–Crippen MR) is 127 cm³/mol. The summed E-state index contributed by atoms with van der Waals surface area (Å²) in [6.07, 6.45) is 15.4. The summed E-state index contributed by atoms with van der Waals surface area (Å²) in [4.78, 5) is 23.5. The lowest BCUT2D eigenvalue weighted by Gasteiger charge is -2.08. The van der Waals surface area contributed by atoms with Crippen LogP contribution in [0.15, 0.2) is 12.1 Å². The molecule has 7 heteroatoms. The molecule has 4 nitrogen and oxygen atoms in total. The first kappa shape index (κ1) is 30.0. The average Bonchev–Trinajstić information content (AvgIpc) is 2.82. The molecule has 0 saturated carbocycles. The molecule has 0 aliphatic rings. The first-order chi connectivity index (χ1) is 16.5. The molecule has 0 saturated heterocycles. The third kappa shape index (κ3) is 14.3. The lowest BCUT2D eigenvalue weighted by Crippen LogP contribution is -2.08. The monoisotopic (exact) mass is 486 g/mol. The van der Waals surface area contributed by atoms with Crippen molar-refractivity contribution in [1.82, 2.24) is 0 Å². The zero-order valence-electron chi connectivity index (χ0n) is 20.6. The summed E-state index contributed by atoms with van der Waals surface area (Å²) in [6.45, 7) is 2.11. The van der Waals surface area contributed by atoms with E-state index in [0.29, 0.717) is 25.5 Å². The molecule has 0 atom stereocenters. The van der Waals surface area contributed by atoms with Gasteiger partial charge in [0.2, 0.25) is 0 Å². The van der Waals surface area contributed by atoms with E-state index in [1.807, 2.05) is 0 Å². The number of carbonyl (C=O) groups excluding carboxylic acids is 2. The normalized spacial score (nSPS) is 10.9. The standard InChI is InChI=1S/C27H41F3O4/c1-2-3-4-5-6-9-12-15-20-33-25(31)16-13-10-7-8-11-14-17-26(32)34-21-22-23(28)18-19-24(29)27(22)30/h18-19H,2-17,20-21H2,1H3. The molecule has 0 aromatic heterocycles. The van der Waals surface area contributed by atoms with Crippen LogP contribution in [0.25, 0.3) is 0 Å². The van der Waals surface area contributed by atoms with Crippen LogP contribution in [0, 0.1) is 17.5 Å². The molecule has 34 heavy (non-hydrogen) atoms. The maximum Gasteiger partial charge on any atom is 0.306 e. The Labute approximate surface area is 202 Å². The molecule has 0 amide bonds. The maximum absolute atomic E-state index is 13.5. The molecule has 0 unspecified atom stereocenters. The number of esters is 2. The van der Waals surface area contributed by atoms with E-state index in [1.165, 1.54) is 38.5 Å². The Kier molecular flexibility index (Phi) is 17.0. The van der Waals surface area contributed by atoms with Gasteiger partial charge in [0.15, 0.2) is 11.6 Å². The van der Waals surface area contributed by atoms with Gasteiger partial charge in [0.1, 0.15) is 12.4 Å². The molecule has 0 aliphatic heterocycles. The molecule has 1 rings (SSSR count). The largest absolute Gasteiger partial charge is 0.466 e. The summed E-state index contributed by atoms with van der Waals surface area (Å²) in [7, 11) is 0. The fourth-order valence-electron chi connectivity index (χ4n) is 3.67. The zero-order valence-corrected chi connectivity index (χ0v) is 20.6. The van der Waals surface area contributed by atoms with Crippen LogP contribution in [0.3, 0.4) is 0 Å². The van der Waals surface area contributed by atoms with E-state index in [0.717, 1.165) is 51.0 Å². The van der Waals surface area contributed by atoms with E-state index in [-0.39, 0.29) is 12.4 Å². The molecule has 0 aliphatic carbocycles. The van der Waals surface area contributed by atoms with Crippen molar-refractivity contribution < 1.29 is 32.2 Å². The van der Waals surface area contributed by atoms with Crippen molar-refractivity contribution >= 4 is 11.9 Å². The molecule has 1 aromatic rings. The van der Waals surface area contributed by atoms with Crippen LogP contribution >= 0.6 is 0 Å². The summed E-state index contributed by atoms with van der Waals surface area (Å²) in [5.74, 6) is -4.14. The van der Waals surface area contributed by atoms with Crippen molar-refractivity contribution in [3.8, 4) is 0 Å². The van der Waals surface area contributed by atoms with Crippen molar-refractivity contribution in [1.29, 1.82) is 0 Å². The minimum Gasteiger partial charge on any atom is -0.466 e. The topological polar surface area (TPSA) is 52.6 Å². The number of unbranched alkanes of at least 4 members (excludes halogenated alkanes) is 12. The highest BCUT2D eigenvalue weighted by Crippen LogP contribution is 2.17. The smallest absolute Gasteiger partial charge is 0.306 e. The third-order valence-electron chi connectivity index (χ3n) is 5.79. The summed E-state index contributed by atoms with van der Waals surface area (Å²) < 4.78 is 50.3. The van der Waals surface area contributed by atoms with Crippen molar-refractivity contribution in [2.45, 2.75) is 116 Å². The molecule has 0 fully saturated rings. The van der Waals surface area contributed by atoms with Gasteiger partial charge in [-0.1, -0.05) is 77.6 Å². The summed E-state index contributed by atoms with van der Waals surface area (Å²) in [5.41, 5.74) is -0.579. The van der Waals surface area contributed by atoms with Gasteiger partial charge < -0.3 is 9.47 Å². The second-order valence-corrected chi connectivity index (χ2v) is 8.80. The van der Waals surface area contributed by atoms with E-state index in [4.69, 9.17) is 9.47 Å². The quantitative estimate of drug-likeness (QED) is 0.107. The first-order valence-corrected chi connectivity index (χ1v) is 12.9. The van der Waals surface area contributed by atoms with Crippen LogP contribution in [0.1, 0.15) is 115 Å². The van der Waals surface area contributed by atoms with Gasteiger partial charge in [0.25, 0.3) is 0 Å². The molecule has 0 spiro atoms. The Bertz CT molecular complexity index is 709. The van der Waals surface area contributed by atoms with Gasteiger partial charge >= 0.3 is 11.9 Å². The third-order valence-corrected chi connectivity index (χ3v) is 5.79. The second-order valence-electron chi connectivity index (χ2n) is 8.80. The summed E-state index contributed by atoms with van der Waals surface area (Å²) in [6, 6.07) is 1.50. The average molecular weight is 487 g/mol. The molecule has 1 aromatic carbocycles. The number of ether oxygens (including phenoxy) is 2. The highest BCUT2D eigenvalue weighted by molar-refractivity contribution is 5.69. The number of benzene rings is 1. The molecule has 0 radical (unpaired) electrons. The molecule has 0 heterocycles.